The van der Waals surface area contributed by atoms with Crippen LogP contribution < -0.4 is 0 Å². The lowest BCUT2D eigenvalue weighted by atomic mass is 9.75. The maximum Gasteiger partial charge on any atom is 0.245 e. The molecule has 1 aromatic rings. The van der Waals surface area contributed by atoms with E-state index in [1.807, 2.05) is 20.2 Å². The van der Waals surface area contributed by atoms with E-state index in [9.17, 15) is 8.42 Å². The predicted octanol–water partition coefficient (Wildman–Crippen LogP) is 1.06. The summed E-state index contributed by atoms with van der Waals surface area (Å²) < 4.78 is 26.7. The maximum atomic E-state index is 12.7. The van der Waals surface area contributed by atoms with Gasteiger partial charge in [-0.1, -0.05) is 0 Å². The second kappa shape index (κ2) is 5.72. The lowest BCUT2D eigenvalue weighted by molar-refractivity contribution is 0.0455. The second-order valence-corrected chi connectivity index (χ2v) is 7.71. The molecule has 0 aliphatic heterocycles. The first kappa shape index (κ1) is 15.9. The Morgan fingerprint density at radius 1 is 1.38 bits per heavy atom. The van der Waals surface area contributed by atoms with Crippen LogP contribution >= 0.6 is 0 Å². The molecule has 1 aliphatic rings. The van der Waals surface area contributed by atoms with Gasteiger partial charge in [0.25, 0.3) is 0 Å². The Hall–Kier alpha value is -1.49. The molecule has 114 valence electrons. The lowest BCUT2D eigenvalue weighted by Gasteiger charge is -2.48. The largest absolute Gasteiger partial charge is 0.302 e. The zero-order chi connectivity index (χ0) is 15.7. The molecule has 0 aromatic carbocycles. The van der Waals surface area contributed by atoms with Crippen LogP contribution in [-0.4, -0.2) is 55.8 Å². The average Bonchev–Trinajstić information content (AvgIpc) is 2.41. The third kappa shape index (κ3) is 2.79. The smallest absolute Gasteiger partial charge is 0.245 e. The van der Waals surface area contributed by atoms with E-state index in [2.05, 4.69) is 9.88 Å². The number of pyridine rings is 1. The minimum absolute atomic E-state index is 0.0248. The molecule has 0 bridgehead atoms. The molecule has 1 fully saturated rings. The molecule has 0 unspecified atom stereocenters. The third-order valence-corrected chi connectivity index (χ3v) is 6.15. The average molecular weight is 308 g/mol. The first-order valence-electron chi connectivity index (χ1n) is 6.82. The number of likely N-dealkylation sites (N-methyl/N-ethyl adjacent to an activating group) is 2. The van der Waals surface area contributed by atoms with E-state index in [0.717, 1.165) is 19.3 Å². The molecular weight excluding hydrogens is 288 g/mol. The quantitative estimate of drug-likeness (QED) is 0.813. The lowest BCUT2D eigenvalue weighted by Crippen LogP contribution is -2.57. The van der Waals surface area contributed by atoms with Gasteiger partial charge < -0.3 is 4.90 Å². The summed E-state index contributed by atoms with van der Waals surface area (Å²) in [6.07, 6.45) is 4.50. The molecule has 1 saturated carbocycles. The van der Waals surface area contributed by atoms with Gasteiger partial charge in [-0.15, -0.1) is 0 Å². The number of hydrogen-bond acceptors (Lipinski definition) is 5. The van der Waals surface area contributed by atoms with E-state index in [0.29, 0.717) is 6.54 Å². The molecule has 2 rings (SSSR count). The molecule has 0 radical (unpaired) electrons. The highest BCUT2D eigenvalue weighted by Gasteiger charge is 2.42. The van der Waals surface area contributed by atoms with Crippen LogP contribution in [0.3, 0.4) is 0 Å². The predicted molar refractivity (Wildman–Crippen MR) is 79.0 cm³/mol. The van der Waals surface area contributed by atoms with E-state index >= 15 is 0 Å². The van der Waals surface area contributed by atoms with Gasteiger partial charge in [0, 0.05) is 25.3 Å². The van der Waals surface area contributed by atoms with Gasteiger partial charge >= 0.3 is 0 Å². The van der Waals surface area contributed by atoms with Gasteiger partial charge in [-0.3, -0.25) is 0 Å². The number of nitrogens with zero attached hydrogens (tertiary/aromatic N) is 4. The normalized spacial score (nSPS) is 17.5. The molecule has 0 N–H and O–H groups in total. The zero-order valence-electron chi connectivity index (χ0n) is 12.6. The summed E-state index contributed by atoms with van der Waals surface area (Å²) in [4.78, 5) is 5.90. The number of hydrogen-bond donors (Lipinski definition) is 0. The fourth-order valence-corrected chi connectivity index (χ4v) is 4.02. The molecule has 7 heteroatoms. The number of nitriles is 1. The van der Waals surface area contributed by atoms with Gasteiger partial charge in [0.15, 0.2) is 5.69 Å². The molecule has 0 saturated heterocycles. The number of aromatic nitrogens is 1. The van der Waals surface area contributed by atoms with Crippen LogP contribution in [0.15, 0.2) is 23.2 Å². The molecule has 0 amide bonds. The van der Waals surface area contributed by atoms with E-state index in [1.54, 1.807) is 7.05 Å². The first-order chi connectivity index (χ1) is 9.83. The summed E-state index contributed by atoms with van der Waals surface area (Å²) in [6, 6.07) is 4.81. The highest BCUT2D eigenvalue weighted by molar-refractivity contribution is 7.89. The van der Waals surface area contributed by atoms with Crippen molar-refractivity contribution in [3.63, 3.8) is 0 Å². The van der Waals surface area contributed by atoms with Crippen LogP contribution in [0.4, 0.5) is 0 Å². The SMILES string of the molecule is CN(C)C1(CN(C)S(=O)(=O)c2cccnc2C#N)CCC1. The highest BCUT2D eigenvalue weighted by atomic mass is 32.2. The van der Waals surface area contributed by atoms with E-state index in [1.165, 1.54) is 22.6 Å². The summed E-state index contributed by atoms with van der Waals surface area (Å²) in [5.41, 5.74) is -0.159. The van der Waals surface area contributed by atoms with Gasteiger partial charge in [-0.25, -0.2) is 13.4 Å². The molecule has 1 aliphatic carbocycles. The summed E-state index contributed by atoms with van der Waals surface area (Å²) in [5.74, 6) is 0. The Bertz CT molecular complexity index is 660. The highest BCUT2D eigenvalue weighted by Crippen LogP contribution is 2.37. The van der Waals surface area contributed by atoms with Gasteiger partial charge in [0.1, 0.15) is 11.0 Å². The Balaban J connectivity index is 2.30. The van der Waals surface area contributed by atoms with Crippen molar-refractivity contribution in [1.82, 2.24) is 14.2 Å². The van der Waals surface area contributed by atoms with Crippen molar-refractivity contribution in [3.05, 3.63) is 24.0 Å². The molecular formula is C14H20N4O2S. The monoisotopic (exact) mass is 308 g/mol. The standard InChI is InChI=1S/C14H20N4O2S/c1-17(2)14(7-5-8-14)11-18(3)21(19,20)13-6-4-9-16-12(13)10-15/h4,6,9H,5,7-8,11H2,1-3H3. The van der Waals surface area contributed by atoms with Crippen molar-refractivity contribution < 1.29 is 8.42 Å². The maximum absolute atomic E-state index is 12.7. The van der Waals surface area contributed by atoms with E-state index in [4.69, 9.17) is 5.26 Å². The Morgan fingerprint density at radius 3 is 2.52 bits per heavy atom. The van der Waals surface area contributed by atoms with Crippen molar-refractivity contribution >= 4 is 10.0 Å². The summed E-state index contributed by atoms with van der Waals surface area (Å²) in [6.45, 7) is 0.419. The van der Waals surface area contributed by atoms with E-state index in [-0.39, 0.29) is 16.1 Å². The van der Waals surface area contributed by atoms with Crippen LogP contribution in [0.5, 0.6) is 0 Å². The van der Waals surface area contributed by atoms with Crippen molar-refractivity contribution in [1.29, 1.82) is 5.26 Å². The van der Waals surface area contributed by atoms with Crippen molar-refractivity contribution in [2.75, 3.05) is 27.7 Å². The third-order valence-electron chi connectivity index (χ3n) is 4.31. The van der Waals surface area contributed by atoms with Crippen LogP contribution in [0.25, 0.3) is 0 Å². The molecule has 1 aromatic heterocycles. The molecule has 0 atom stereocenters. The summed E-state index contributed by atoms with van der Waals surface area (Å²) in [7, 11) is 1.81. The van der Waals surface area contributed by atoms with Crippen molar-refractivity contribution in [2.24, 2.45) is 0 Å². The number of rotatable bonds is 5. The Labute approximate surface area is 126 Å². The minimum Gasteiger partial charge on any atom is -0.302 e. The fourth-order valence-electron chi connectivity index (χ4n) is 2.68. The minimum atomic E-state index is -3.70. The number of sulfonamides is 1. The van der Waals surface area contributed by atoms with Crippen molar-refractivity contribution in [2.45, 2.75) is 29.7 Å². The van der Waals surface area contributed by atoms with Crippen LogP contribution in [0.2, 0.25) is 0 Å². The van der Waals surface area contributed by atoms with Crippen LogP contribution in [0.1, 0.15) is 25.0 Å². The summed E-state index contributed by atoms with van der Waals surface area (Å²) in [5, 5.41) is 9.04. The van der Waals surface area contributed by atoms with Gasteiger partial charge in [-0.05, 0) is 45.5 Å². The molecule has 21 heavy (non-hydrogen) atoms. The van der Waals surface area contributed by atoms with E-state index < -0.39 is 10.0 Å². The van der Waals surface area contributed by atoms with Gasteiger partial charge in [0.2, 0.25) is 10.0 Å². The van der Waals surface area contributed by atoms with Crippen molar-refractivity contribution in [3.8, 4) is 6.07 Å². The molecule has 1 heterocycles. The Kier molecular flexibility index (Phi) is 4.33. The van der Waals surface area contributed by atoms with Gasteiger partial charge in [-0.2, -0.15) is 9.57 Å². The summed E-state index contributed by atoms with van der Waals surface area (Å²) >= 11 is 0. The molecule has 0 spiro atoms. The first-order valence-corrected chi connectivity index (χ1v) is 8.26. The fraction of sp³-hybridized carbons (Fsp3) is 0.571. The Morgan fingerprint density at radius 2 is 2.05 bits per heavy atom. The van der Waals surface area contributed by atoms with Gasteiger partial charge in [0.05, 0.1) is 0 Å². The van der Waals surface area contributed by atoms with Crippen LogP contribution in [-0.2, 0) is 10.0 Å². The second-order valence-electron chi connectivity index (χ2n) is 5.70. The topological polar surface area (TPSA) is 77.3 Å². The molecule has 6 nitrogen and oxygen atoms in total. The zero-order valence-corrected chi connectivity index (χ0v) is 13.4. The van der Waals surface area contributed by atoms with Crippen LogP contribution in [0, 0.1) is 11.3 Å².